The lowest BCUT2D eigenvalue weighted by atomic mass is 10.1. The molecule has 212 valence electrons. The monoisotopic (exact) mass is 544 g/mol. The molecule has 0 spiro atoms. The zero-order valence-electron chi connectivity index (χ0n) is 24.0. The molecular weight excluding hydrogens is 495 g/mol. The molecular formula is C32H49FN2O2S. The number of amides is 2. The number of unbranched alkanes of at least 4 members (excludes halogenated alkanes) is 10. The lowest BCUT2D eigenvalue weighted by Gasteiger charge is -2.28. The second kappa shape index (κ2) is 18.9. The van der Waals surface area contributed by atoms with Crippen LogP contribution in [0.15, 0.2) is 35.7 Å². The van der Waals surface area contributed by atoms with Crippen LogP contribution in [0.4, 0.5) is 4.39 Å². The molecule has 0 N–H and O–H groups in total. The highest BCUT2D eigenvalue weighted by Crippen LogP contribution is 2.20. The summed E-state index contributed by atoms with van der Waals surface area (Å²) in [5, 5.41) is 2.03. The lowest BCUT2D eigenvalue weighted by Crippen LogP contribution is -2.42. The first-order valence-electron chi connectivity index (χ1n) is 14.8. The van der Waals surface area contributed by atoms with Crippen LogP contribution < -0.4 is 0 Å². The Balaban J connectivity index is 1.83. The summed E-state index contributed by atoms with van der Waals surface area (Å²) in [5.74, 6) is -0.282. The Bertz CT molecular complexity index is 928. The van der Waals surface area contributed by atoms with Crippen molar-refractivity contribution in [3.63, 3.8) is 0 Å². The molecule has 1 aromatic heterocycles. The normalized spacial score (nSPS) is 11.1. The number of halogens is 1. The van der Waals surface area contributed by atoms with Gasteiger partial charge >= 0.3 is 0 Å². The van der Waals surface area contributed by atoms with Crippen molar-refractivity contribution >= 4 is 23.2 Å². The molecule has 4 nitrogen and oxygen atoms in total. The average molecular weight is 545 g/mol. The number of hydrogen-bond acceptors (Lipinski definition) is 3. The molecule has 38 heavy (non-hydrogen) atoms. The van der Waals surface area contributed by atoms with E-state index >= 15 is 0 Å². The molecule has 0 fully saturated rings. The van der Waals surface area contributed by atoms with Crippen molar-refractivity contribution in [1.29, 1.82) is 0 Å². The van der Waals surface area contributed by atoms with Crippen molar-refractivity contribution < 1.29 is 14.0 Å². The Kier molecular flexibility index (Phi) is 16.0. The van der Waals surface area contributed by atoms with Gasteiger partial charge in [0.1, 0.15) is 5.82 Å². The number of nitrogens with zero attached hydrogens (tertiary/aromatic N) is 2. The fourth-order valence-corrected chi connectivity index (χ4v) is 5.63. The number of hydrogen-bond donors (Lipinski definition) is 0. The maximum atomic E-state index is 13.5. The molecule has 0 saturated heterocycles. The highest BCUT2D eigenvalue weighted by Gasteiger charge is 2.22. The van der Waals surface area contributed by atoms with Crippen LogP contribution in [0.2, 0.25) is 0 Å². The van der Waals surface area contributed by atoms with E-state index in [2.05, 4.69) is 13.0 Å². The van der Waals surface area contributed by atoms with Crippen LogP contribution in [-0.4, -0.2) is 34.7 Å². The van der Waals surface area contributed by atoms with Gasteiger partial charge in [-0.1, -0.05) is 90.2 Å². The Morgan fingerprint density at radius 1 is 0.737 bits per heavy atom. The van der Waals surface area contributed by atoms with Crippen LogP contribution in [-0.2, 0) is 22.7 Å². The first-order chi connectivity index (χ1) is 18.4. The third-order valence-corrected chi connectivity index (χ3v) is 8.12. The van der Waals surface area contributed by atoms with Crippen LogP contribution in [0.1, 0.15) is 113 Å². The summed E-state index contributed by atoms with van der Waals surface area (Å²) >= 11 is 1.63. The van der Waals surface area contributed by atoms with Gasteiger partial charge in [-0.2, -0.15) is 0 Å². The van der Waals surface area contributed by atoms with Crippen molar-refractivity contribution in [2.75, 3.05) is 13.1 Å². The van der Waals surface area contributed by atoms with Gasteiger partial charge in [-0.15, -0.1) is 11.3 Å². The third kappa shape index (κ3) is 12.6. The van der Waals surface area contributed by atoms with E-state index in [1.807, 2.05) is 19.2 Å². The SMILES string of the molecule is CCCCCCCCCCCCCC(=O)N(CCC)CC(=O)N(Cc1ccc(F)cc1)Cc1sccc1C. The van der Waals surface area contributed by atoms with Crippen LogP contribution >= 0.6 is 11.3 Å². The Morgan fingerprint density at radius 2 is 1.34 bits per heavy atom. The highest BCUT2D eigenvalue weighted by molar-refractivity contribution is 7.10. The molecule has 0 bridgehead atoms. The van der Waals surface area contributed by atoms with Crippen LogP contribution in [0.3, 0.4) is 0 Å². The first-order valence-corrected chi connectivity index (χ1v) is 15.7. The van der Waals surface area contributed by atoms with Gasteiger partial charge in [0.05, 0.1) is 13.1 Å². The molecule has 0 aliphatic carbocycles. The smallest absolute Gasteiger partial charge is 0.242 e. The van der Waals surface area contributed by atoms with E-state index in [0.29, 0.717) is 26.1 Å². The molecule has 2 amide bonds. The molecule has 0 saturated carbocycles. The molecule has 0 radical (unpaired) electrons. The van der Waals surface area contributed by atoms with E-state index in [9.17, 15) is 14.0 Å². The molecule has 2 rings (SSSR count). The zero-order chi connectivity index (χ0) is 27.6. The second-order valence-electron chi connectivity index (χ2n) is 10.5. The Hall–Kier alpha value is -2.21. The van der Waals surface area contributed by atoms with Crippen molar-refractivity contribution in [2.24, 2.45) is 0 Å². The van der Waals surface area contributed by atoms with Gasteiger partial charge in [-0.25, -0.2) is 4.39 Å². The lowest BCUT2D eigenvalue weighted by molar-refractivity contribution is -0.141. The summed E-state index contributed by atoms with van der Waals surface area (Å²) in [6.07, 6.45) is 15.1. The molecule has 1 heterocycles. The van der Waals surface area contributed by atoms with Gasteiger partial charge in [0, 0.05) is 24.4 Å². The fourth-order valence-electron chi connectivity index (χ4n) is 4.71. The van der Waals surface area contributed by atoms with E-state index in [1.165, 1.54) is 69.9 Å². The van der Waals surface area contributed by atoms with Gasteiger partial charge in [0.15, 0.2) is 0 Å². The number of carbonyl (C=O) groups is 2. The third-order valence-electron chi connectivity index (χ3n) is 7.11. The summed E-state index contributed by atoms with van der Waals surface area (Å²) in [4.78, 5) is 31.2. The number of aryl methyl sites for hydroxylation is 1. The van der Waals surface area contributed by atoms with E-state index in [-0.39, 0.29) is 24.2 Å². The Labute approximate surface area is 234 Å². The van der Waals surface area contributed by atoms with Crippen LogP contribution in [0.5, 0.6) is 0 Å². The van der Waals surface area contributed by atoms with Crippen molar-refractivity contribution in [3.05, 3.63) is 57.5 Å². The topological polar surface area (TPSA) is 40.6 Å². The molecule has 0 aliphatic rings. The summed E-state index contributed by atoms with van der Waals surface area (Å²) in [5.41, 5.74) is 2.04. The summed E-state index contributed by atoms with van der Waals surface area (Å²) in [6, 6.07) is 8.35. The first kappa shape index (κ1) is 32.0. The van der Waals surface area contributed by atoms with Crippen molar-refractivity contribution in [3.8, 4) is 0 Å². The van der Waals surface area contributed by atoms with E-state index in [4.69, 9.17) is 0 Å². The minimum Gasteiger partial charge on any atom is -0.333 e. The number of rotatable bonds is 20. The molecule has 0 aliphatic heterocycles. The summed E-state index contributed by atoms with van der Waals surface area (Å²) in [7, 11) is 0. The maximum Gasteiger partial charge on any atom is 0.242 e. The molecule has 6 heteroatoms. The van der Waals surface area contributed by atoms with E-state index in [1.54, 1.807) is 33.3 Å². The molecule has 2 aromatic rings. The number of thiophene rings is 1. The summed E-state index contributed by atoms with van der Waals surface area (Å²) < 4.78 is 13.4. The van der Waals surface area contributed by atoms with Crippen LogP contribution in [0, 0.1) is 12.7 Å². The van der Waals surface area contributed by atoms with Gasteiger partial charge in [0.25, 0.3) is 0 Å². The summed E-state index contributed by atoms with van der Waals surface area (Å²) in [6.45, 7) is 7.91. The molecule has 0 unspecified atom stereocenters. The zero-order valence-corrected chi connectivity index (χ0v) is 24.8. The van der Waals surface area contributed by atoms with Crippen LogP contribution in [0.25, 0.3) is 0 Å². The fraction of sp³-hybridized carbons (Fsp3) is 0.625. The van der Waals surface area contributed by atoms with Gasteiger partial charge in [-0.05, 0) is 54.5 Å². The molecule has 1 aromatic carbocycles. The predicted octanol–water partition coefficient (Wildman–Crippen LogP) is 8.66. The average Bonchev–Trinajstić information content (AvgIpc) is 3.31. The number of benzene rings is 1. The molecule has 0 atom stereocenters. The highest BCUT2D eigenvalue weighted by atomic mass is 32.1. The van der Waals surface area contributed by atoms with Gasteiger partial charge < -0.3 is 9.80 Å². The van der Waals surface area contributed by atoms with E-state index in [0.717, 1.165) is 35.3 Å². The van der Waals surface area contributed by atoms with Gasteiger partial charge in [-0.3, -0.25) is 9.59 Å². The number of carbonyl (C=O) groups excluding carboxylic acids is 2. The van der Waals surface area contributed by atoms with Crippen molar-refractivity contribution in [1.82, 2.24) is 9.80 Å². The largest absolute Gasteiger partial charge is 0.333 e. The standard InChI is InChI=1S/C32H49FN2O2S/c1-4-6-7-8-9-10-11-12-13-14-15-16-31(36)34(22-5-2)26-32(37)35(25-30-27(3)21-23-38-30)24-28-17-19-29(33)20-18-28/h17-21,23H,4-16,22,24-26H2,1-3H3. The maximum absolute atomic E-state index is 13.5. The minimum absolute atomic E-state index is 0.0668. The second-order valence-corrected chi connectivity index (χ2v) is 11.5. The predicted molar refractivity (Wildman–Crippen MR) is 158 cm³/mol. The minimum atomic E-state index is -0.289. The Morgan fingerprint density at radius 3 is 1.89 bits per heavy atom. The van der Waals surface area contributed by atoms with E-state index < -0.39 is 0 Å². The quantitative estimate of drug-likeness (QED) is 0.156. The van der Waals surface area contributed by atoms with Gasteiger partial charge in [0.2, 0.25) is 11.8 Å². The van der Waals surface area contributed by atoms with Crippen molar-refractivity contribution in [2.45, 2.75) is 117 Å².